The van der Waals surface area contributed by atoms with Crippen molar-refractivity contribution >= 4 is 11.7 Å². The summed E-state index contributed by atoms with van der Waals surface area (Å²) < 4.78 is 45.0. The largest absolute Gasteiger partial charge is 0.416 e. The second-order valence-electron chi connectivity index (χ2n) is 9.16. The van der Waals surface area contributed by atoms with E-state index in [-0.39, 0.29) is 5.91 Å². The average molecular weight is 497 g/mol. The van der Waals surface area contributed by atoms with E-state index in [4.69, 9.17) is 4.74 Å². The Morgan fingerprint density at radius 2 is 1.86 bits per heavy atom. The maximum atomic E-state index is 13.3. The van der Waals surface area contributed by atoms with Crippen LogP contribution in [0.3, 0.4) is 0 Å². The van der Waals surface area contributed by atoms with E-state index in [1.165, 1.54) is 6.07 Å². The minimum Gasteiger partial charge on any atom is -0.379 e. The number of hydrogen-bond donors (Lipinski definition) is 1. The molecule has 188 valence electrons. The van der Waals surface area contributed by atoms with Crippen LogP contribution in [-0.2, 0) is 28.7 Å². The first-order valence-electron chi connectivity index (χ1n) is 12.1. The van der Waals surface area contributed by atoms with Crippen molar-refractivity contribution in [2.45, 2.75) is 37.9 Å². The third-order valence-electron chi connectivity index (χ3n) is 6.63. The van der Waals surface area contributed by atoms with Gasteiger partial charge in [-0.3, -0.25) is 14.7 Å². The van der Waals surface area contributed by atoms with Gasteiger partial charge in [-0.05, 0) is 55.2 Å². The maximum absolute atomic E-state index is 13.3. The molecule has 2 aromatic heterocycles. The van der Waals surface area contributed by atoms with Gasteiger partial charge in [0.25, 0.3) is 0 Å². The van der Waals surface area contributed by atoms with Crippen molar-refractivity contribution in [1.29, 1.82) is 0 Å². The van der Waals surface area contributed by atoms with Crippen molar-refractivity contribution in [2.24, 2.45) is 0 Å². The number of aromatic nitrogens is 2. The highest BCUT2D eigenvalue weighted by molar-refractivity contribution is 5.95. The Hall–Kier alpha value is -3.30. The lowest BCUT2D eigenvalue weighted by molar-refractivity contribution is -0.137. The number of benzene rings is 1. The van der Waals surface area contributed by atoms with Crippen LogP contribution in [0.15, 0.2) is 54.6 Å². The number of rotatable bonds is 5. The third-order valence-corrected chi connectivity index (χ3v) is 6.63. The number of carbonyl (C=O) groups is 1. The summed E-state index contributed by atoms with van der Waals surface area (Å²) in [6.07, 6.45) is -2.20. The van der Waals surface area contributed by atoms with Crippen LogP contribution in [0.1, 0.15) is 41.3 Å². The molecule has 6 nitrogen and oxygen atoms in total. The topological polar surface area (TPSA) is 67.4 Å². The zero-order chi connectivity index (χ0) is 25.1. The lowest BCUT2D eigenvalue weighted by Gasteiger charge is -2.26. The number of amides is 1. The fourth-order valence-electron chi connectivity index (χ4n) is 4.76. The Morgan fingerprint density at radius 3 is 2.67 bits per heavy atom. The minimum atomic E-state index is -4.43. The van der Waals surface area contributed by atoms with Crippen molar-refractivity contribution < 1.29 is 22.7 Å². The van der Waals surface area contributed by atoms with Crippen LogP contribution in [0.2, 0.25) is 0 Å². The highest BCUT2D eigenvalue weighted by atomic mass is 19.4. The molecule has 1 atom stereocenters. The number of nitrogens with zero attached hydrogens (tertiary/aromatic N) is 3. The summed E-state index contributed by atoms with van der Waals surface area (Å²) in [6, 6.07) is 14.3. The molecule has 1 amide bonds. The lowest BCUT2D eigenvalue weighted by Crippen LogP contribution is -2.35. The van der Waals surface area contributed by atoms with Gasteiger partial charge in [-0.25, -0.2) is 4.98 Å². The lowest BCUT2D eigenvalue weighted by atomic mass is 9.85. The molecule has 1 aromatic carbocycles. The van der Waals surface area contributed by atoms with Crippen LogP contribution in [0.5, 0.6) is 0 Å². The van der Waals surface area contributed by atoms with E-state index in [2.05, 4.69) is 20.2 Å². The molecule has 9 heteroatoms. The predicted molar refractivity (Wildman–Crippen MR) is 129 cm³/mol. The molecule has 1 aliphatic carbocycles. The molecule has 3 aromatic rings. The van der Waals surface area contributed by atoms with Crippen LogP contribution in [0, 0.1) is 0 Å². The first-order valence-corrected chi connectivity index (χ1v) is 12.1. The molecule has 0 spiro atoms. The van der Waals surface area contributed by atoms with E-state index < -0.39 is 17.7 Å². The number of pyridine rings is 2. The summed E-state index contributed by atoms with van der Waals surface area (Å²) in [5.41, 5.74) is 2.50. The summed E-state index contributed by atoms with van der Waals surface area (Å²) in [5.74, 6) is -0.225. The summed E-state index contributed by atoms with van der Waals surface area (Å²) >= 11 is 0. The van der Waals surface area contributed by atoms with Gasteiger partial charge in [0.05, 0.1) is 41.8 Å². The molecule has 1 N–H and O–H groups in total. The van der Waals surface area contributed by atoms with Crippen LogP contribution in [0.25, 0.3) is 11.3 Å². The fraction of sp³-hybridized carbons (Fsp3) is 0.370. The average Bonchev–Trinajstić information content (AvgIpc) is 2.88. The van der Waals surface area contributed by atoms with E-state index in [0.29, 0.717) is 48.9 Å². The van der Waals surface area contributed by atoms with Gasteiger partial charge in [-0.1, -0.05) is 24.3 Å². The van der Waals surface area contributed by atoms with Gasteiger partial charge in [0.1, 0.15) is 5.82 Å². The normalized spacial score (nSPS) is 18.5. The molecular weight excluding hydrogens is 469 g/mol. The van der Waals surface area contributed by atoms with Crippen molar-refractivity contribution in [3.05, 3.63) is 77.1 Å². The summed E-state index contributed by atoms with van der Waals surface area (Å²) in [6.45, 7) is 3.77. The molecule has 0 saturated carbocycles. The van der Waals surface area contributed by atoms with Crippen LogP contribution in [0.4, 0.5) is 19.0 Å². The Morgan fingerprint density at radius 1 is 1.06 bits per heavy atom. The van der Waals surface area contributed by atoms with Crippen LogP contribution < -0.4 is 5.32 Å². The molecule has 0 bridgehead atoms. The molecular formula is C27H27F3N4O2. The maximum Gasteiger partial charge on any atom is 0.416 e. The smallest absolute Gasteiger partial charge is 0.379 e. The molecule has 2 aliphatic rings. The van der Waals surface area contributed by atoms with Gasteiger partial charge in [0.15, 0.2) is 0 Å². The number of hydrogen-bond acceptors (Lipinski definition) is 5. The quantitative estimate of drug-likeness (QED) is 0.535. The number of ether oxygens (including phenoxy) is 1. The number of halogens is 3. The first kappa shape index (κ1) is 24.4. The zero-order valence-corrected chi connectivity index (χ0v) is 19.7. The van der Waals surface area contributed by atoms with E-state index in [1.807, 2.05) is 18.2 Å². The summed E-state index contributed by atoms with van der Waals surface area (Å²) in [7, 11) is 0. The number of alkyl halides is 3. The highest BCUT2D eigenvalue weighted by Crippen LogP contribution is 2.35. The number of anilines is 1. The molecule has 0 radical (unpaired) electrons. The summed E-state index contributed by atoms with van der Waals surface area (Å²) in [5, 5.41) is 2.94. The predicted octanol–water partition coefficient (Wildman–Crippen LogP) is 5.05. The molecule has 1 unspecified atom stereocenters. The van der Waals surface area contributed by atoms with Gasteiger partial charge in [0, 0.05) is 25.2 Å². The molecule has 36 heavy (non-hydrogen) atoms. The van der Waals surface area contributed by atoms with Gasteiger partial charge in [-0.15, -0.1) is 0 Å². The highest BCUT2D eigenvalue weighted by Gasteiger charge is 2.31. The number of fused-ring (bicyclic) bond motifs is 1. The number of morpholine rings is 1. The van der Waals surface area contributed by atoms with E-state index >= 15 is 0 Å². The molecule has 1 aliphatic heterocycles. The fourth-order valence-corrected chi connectivity index (χ4v) is 4.76. The van der Waals surface area contributed by atoms with E-state index in [0.717, 1.165) is 49.3 Å². The van der Waals surface area contributed by atoms with Gasteiger partial charge < -0.3 is 10.1 Å². The van der Waals surface area contributed by atoms with Gasteiger partial charge >= 0.3 is 6.18 Å². The molecule has 5 rings (SSSR count). The van der Waals surface area contributed by atoms with Crippen molar-refractivity contribution in [3.63, 3.8) is 0 Å². The Kier molecular flexibility index (Phi) is 7.02. The van der Waals surface area contributed by atoms with Gasteiger partial charge in [-0.2, -0.15) is 13.2 Å². The third kappa shape index (κ3) is 5.57. The molecule has 1 saturated heterocycles. The first-order chi connectivity index (χ1) is 17.4. The van der Waals surface area contributed by atoms with Crippen LogP contribution >= 0.6 is 0 Å². The SMILES string of the molecule is O=C(Nc1cccc(CN2CCOCC2)n1)C1CCCc2ccc(-c3cccc(C(F)(F)F)c3)nc21. The van der Waals surface area contributed by atoms with Crippen molar-refractivity contribution in [1.82, 2.24) is 14.9 Å². The van der Waals surface area contributed by atoms with Crippen molar-refractivity contribution in [2.75, 3.05) is 31.6 Å². The Balaban J connectivity index is 1.35. The molecule has 1 fully saturated rings. The summed E-state index contributed by atoms with van der Waals surface area (Å²) in [4.78, 5) is 24.8. The Bertz CT molecular complexity index is 1240. The van der Waals surface area contributed by atoms with E-state index in [9.17, 15) is 18.0 Å². The number of carbonyl (C=O) groups excluding carboxylic acids is 1. The second kappa shape index (κ2) is 10.4. The standard InChI is InChI=1S/C27H27F3N4O2/c28-27(29,30)20-6-1-5-19(16-20)23-11-10-18-4-2-8-22(25(18)32-23)26(35)33-24-9-3-7-21(31-24)17-34-12-14-36-15-13-34/h1,3,5-7,9-11,16,22H,2,4,8,12-15,17H2,(H,31,33,35). The van der Waals surface area contributed by atoms with Crippen LogP contribution in [-0.4, -0.2) is 47.1 Å². The van der Waals surface area contributed by atoms with Gasteiger partial charge in [0.2, 0.25) is 5.91 Å². The molecule has 3 heterocycles. The Labute approximate surface area is 207 Å². The minimum absolute atomic E-state index is 0.208. The van der Waals surface area contributed by atoms with Crippen molar-refractivity contribution in [3.8, 4) is 11.3 Å². The number of aryl methyl sites for hydroxylation is 1. The second-order valence-corrected chi connectivity index (χ2v) is 9.16. The zero-order valence-electron chi connectivity index (χ0n) is 19.7. The van der Waals surface area contributed by atoms with E-state index in [1.54, 1.807) is 18.2 Å². The number of nitrogens with one attached hydrogen (secondary N) is 1. The monoisotopic (exact) mass is 496 g/mol.